The van der Waals surface area contributed by atoms with E-state index < -0.39 is 5.41 Å². The molecule has 3 rings (SSSR count). The van der Waals surface area contributed by atoms with Crippen LogP contribution in [0.5, 0.6) is 5.75 Å². The molecule has 148 valence electrons. The van der Waals surface area contributed by atoms with Crippen molar-refractivity contribution < 1.29 is 14.3 Å². The van der Waals surface area contributed by atoms with Gasteiger partial charge in [0.25, 0.3) is 0 Å². The fourth-order valence-corrected chi connectivity index (χ4v) is 4.07. The van der Waals surface area contributed by atoms with Gasteiger partial charge in [0.15, 0.2) is 0 Å². The summed E-state index contributed by atoms with van der Waals surface area (Å²) in [6.45, 7) is 2.46. The minimum Gasteiger partial charge on any atom is -0.497 e. The molecule has 0 radical (unpaired) electrons. The molecule has 0 aromatic heterocycles. The zero-order valence-electron chi connectivity index (χ0n) is 16.6. The van der Waals surface area contributed by atoms with Gasteiger partial charge in [-0.05, 0) is 37.5 Å². The molecule has 5 nitrogen and oxygen atoms in total. The largest absolute Gasteiger partial charge is 0.497 e. The number of anilines is 1. The van der Waals surface area contributed by atoms with Crippen molar-refractivity contribution in [1.29, 1.82) is 0 Å². The van der Waals surface area contributed by atoms with Gasteiger partial charge in [0.2, 0.25) is 11.8 Å². The van der Waals surface area contributed by atoms with Gasteiger partial charge in [0.1, 0.15) is 5.75 Å². The second kappa shape index (κ2) is 8.91. The van der Waals surface area contributed by atoms with Gasteiger partial charge in [-0.1, -0.05) is 49.2 Å². The number of methoxy groups -OCH3 is 1. The van der Waals surface area contributed by atoms with Crippen LogP contribution in [0, 0.1) is 0 Å². The molecule has 0 atom stereocenters. The Bertz CT molecular complexity index is 814. The number of rotatable bonds is 7. The maximum Gasteiger partial charge on any atom is 0.243 e. The SMILES string of the molecule is CCN(CC(=O)Nc1cccc(OC)c1)C(=O)C1(c2ccccc2)CCCC1. The second-order valence-corrected chi connectivity index (χ2v) is 7.25. The highest BCUT2D eigenvalue weighted by molar-refractivity contribution is 5.97. The van der Waals surface area contributed by atoms with Crippen LogP contribution in [-0.2, 0) is 15.0 Å². The molecule has 1 N–H and O–H groups in total. The number of amides is 2. The van der Waals surface area contributed by atoms with E-state index in [1.54, 1.807) is 24.1 Å². The highest BCUT2D eigenvalue weighted by atomic mass is 16.5. The van der Waals surface area contributed by atoms with E-state index >= 15 is 0 Å². The van der Waals surface area contributed by atoms with E-state index in [1.807, 2.05) is 49.4 Å². The third kappa shape index (κ3) is 4.19. The number of hydrogen-bond donors (Lipinski definition) is 1. The zero-order valence-corrected chi connectivity index (χ0v) is 16.6. The van der Waals surface area contributed by atoms with Crippen LogP contribution in [0.1, 0.15) is 38.2 Å². The number of benzene rings is 2. The monoisotopic (exact) mass is 380 g/mol. The van der Waals surface area contributed by atoms with Crippen molar-refractivity contribution in [3.8, 4) is 5.75 Å². The highest BCUT2D eigenvalue weighted by Crippen LogP contribution is 2.42. The summed E-state index contributed by atoms with van der Waals surface area (Å²) in [5.74, 6) is 0.527. The van der Waals surface area contributed by atoms with Crippen LogP contribution in [0.2, 0.25) is 0 Å². The molecule has 2 aromatic carbocycles. The molecule has 1 aliphatic rings. The lowest BCUT2D eigenvalue weighted by molar-refractivity contribution is -0.139. The van der Waals surface area contributed by atoms with Crippen molar-refractivity contribution in [2.75, 3.05) is 25.5 Å². The van der Waals surface area contributed by atoms with Crippen LogP contribution in [0.3, 0.4) is 0 Å². The van der Waals surface area contributed by atoms with Gasteiger partial charge in [-0.2, -0.15) is 0 Å². The van der Waals surface area contributed by atoms with Gasteiger partial charge in [-0.15, -0.1) is 0 Å². The van der Waals surface area contributed by atoms with Crippen molar-refractivity contribution in [3.05, 3.63) is 60.2 Å². The van der Waals surface area contributed by atoms with Gasteiger partial charge in [-0.3, -0.25) is 9.59 Å². The Morgan fingerprint density at radius 3 is 2.43 bits per heavy atom. The standard InChI is InChI=1S/C23H28N2O3/c1-3-25(17-21(26)24-19-12-9-13-20(16-19)28-2)22(27)23(14-7-8-15-23)18-10-5-4-6-11-18/h4-6,9-13,16H,3,7-8,14-15,17H2,1-2H3,(H,24,26). The first-order valence-corrected chi connectivity index (χ1v) is 9.88. The van der Waals surface area contributed by atoms with Crippen LogP contribution in [0.25, 0.3) is 0 Å². The number of hydrogen-bond acceptors (Lipinski definition) is 3. The van der Waals surface area contributed by atoms with Crippen molar-refractivity contribution in [2.45, 2.75) is 38.0 Å². The maximum absolute atomic E-state index is 13.5. The van der Waals surface area contributed by atoms with E-state index in [9.17, 15) is 9.59 Å². The Morgan fingerprint density at radius 1 is 1.07 bits per heavy atom. The van der Waals surface area contributed by atoms with E-state index in [4.69, 9.17) is 4.74 Å². The Morgan fingerprint density at radius 2 is 1.79 bits per heavy atom. The molecule has 2 amide bonds. The number of nitrogens with one attached hydrogen (secondary N) is 1. The molecule has 1 fully saturated rings. The van der Waals surface area contributed by atoms with Crippen LogP contribution in [-0.4, -0.2) is 36.9 Å². The fourth-order valence-electron chi connectivity index (χ4n) is 4.07. The molecule has 5 heteroatoms. The average molecular weight is 380 g/mol. The lowest BCUT2D eigenvalue weighted by atomic mass is 9.77. The van der Waals surface area contributed by atoms with Crippen molar-refractivity contribution in [2.24, 2.45) is 0 Å². The highest BCUT2D eigenvalue weighted by Gasteiger charge is 2.44. The summed E-state index contributed by atoms with van der Waals surface area (Å²) in [4.78, 5) is 27.8. The first-order chi connectivity index (χ1) is 13.6. The third-order valence-corrected chi connectivity index (χ3v) is 5.55. The summed E-state index contributed by atoms with van der Waals surface area (Å²) < 4.78 is 5.19. The van der Waals surface area contributed by atoms with Gasteiger partial charge in [0, 0.05) is 18.3 Å². The first kappa shape index (κ1) is 19.9. The van der Waals surface area contributed by atoms with Crippen molar-refractivity contribution in [3.63, 3.8) is 0 Å². The molecule has 28 heavy (non-hydrogen) atoms. The smallest absolute Gasteiger partial charge is 0.243 e. The molecule has 2 aromatic rings. The number of carbonyl (C=O) groups excluding carboxylic acids is 2. The Balaban J connectivity index is 1.74. The summed E-state index contributed by atoms with van der Waals surface area (Å²) in [6, 6.07) is 17.2. The Hall–Kier alpha value is -2.82. The summed E-state index contributed by atoms with van der Waals surface area (Å²) in [7, 11) is 1.59. The van der Waals surface area contributed by atoms with E-state index in [0.717, 1.165) is 31.2 Å². The summed E-state index contributed by atoms with van der Waals surface area (Å²) in [5, 5.41) is 2.87. The lowest BCUT2D eigenvalue weighted by Gasteiger charge is -2.34. The molecule has 0 bridgehead atoms. The third-order valence-electron chi connectivity index (χ3n) is 5.55. The lowest BCUT2D eigenvalue weighted by Crippen LogP contribution is -2.48. The van der Waals surface area contributed by atoms with Crippen molar-refractivity contribution in [1.82, 2.24) is 4.90 Å². The Kier molecular flexibility index (Phi) is 6.34. The van der Waals surface area contributed by atoms with Gasteiger partial charge in [-0.25, -0.2) is 0 Å². The van der Waals surface area contributed by atoms with E-state index in [1.165, 1.54) is 0 Å². The van der Waals surface area contributed by atoms with Crippen LogP contribution < -0.4 is 10.1 Å². The minimum atomic E-state index is -0.506. The van der Waals surface area contributed by atoms with E-state index in [2.05, 4.69) is 5.32 Å². The maximum atomic E-state index is 13.5. The van der Waals surface area contributed by atoms with Gasteiger partial charge >= 0.3 is 0 Å². The molecule has 0 unspecified atom stereocenters. The predicted octanol–water partition coefficient (Wildman–Crippen LogP) is 3.99. The van der Waals surface area contributed by atoms with Gasteiger partial charge < -0.3 is 15.0 Å². The average Bonchev–Trinajstić information content (AvgIpc) is 3.23. The zero-order chi connectivity index (χ0) is 20.0. The molecule has 0 heterocycles. The quantitative estimate of drug-likeness (QED) is 0.790. The molecule has 1 saturated carbocycles. The van der Waals surface area contributed by atoms with E-state index in [0.29, 0.717) is 18.0 Å². The van der Waals surface area contributed by atoms with Gasteiger partial charge in [0.05, 0.1) is 19.1 Å². The summed E-state index contributed by atoms with van der Waals surface area (Å²) in [5.41, 5.74) is 1.21. The summed E-state index contributed by atoms with van der Waals surface area (Å²) in [6.07, 6.45) is 3.75. The molecule has 0 saturated heterocycles. The topological polar surface area (TPSA) is 58.6 Å². The number of ether oxygens (including phenoxy) is 1. The van der Waals surface area contributed by atoms with Crippen LogP contribution in [0.4, 0.5) is 5.69 Å². The molecule has 1 aliphatic carbocycles. The Labute approximate surface area is 166 Å². The minimum absolute atomic E-state index is 0.0428. The second-order valence-electron chi connectivity index (χ2n) is 7.25. The molecular weight excluding hydrogens is 352 g/mol. The molecular formula is C23H28N2O3. The van der Waals surface area contributed by atoms with Crippen molar-refractivity contribution >= 4 is 17.5 Å². The fraction of sp³-hybridized carbons (Fsp3) is 0.391. The molecule has 0 aliphatic heterocycles. The first-order valence-electron chi connectivity index (χ1n) is 9.88. The van der Waals surface area contributed by atoms with Crippen LogP contribution in [0.15, 0.2) is 54.6 Å². The summed E-state index contributed by atoms with van der Waals surface area (Å²) >= 11 is 0. The number of carbonyl (C=O) groups is 2. The number of likely N-dealkylation sites (N-methyl/N-ethyl adjacent to an activating group) is 1. The molecule has 0 spiro atoms. The van der Waals surface area contributed by atoms with E-state index in [-0.39, 0.29) is 18.4 Å². The predicted molar refractivity (Wildman–Crippen MR) is 110 cm³/mol. The number of nitrogens with zero attached hydrogens (tertiary/aromatic N) is 1. The normalized spacial score (nSPS) is 15.1. The van der Waals surface area contributed by atoms with Crippen LogP contribution >= 0.6 is 0 Å².